The van der Waals surface area contributed by atoms with E-state index in [1.165, 1.54) is 29.5 Å². The van der Waals surface area contributed by atoms with Gasteiger partial charge in [0.25, 0.3) is 0 Å². The van der Waals surface area contributed by atoms with Crippen LogP contribution in [0, 0.1) is 0 Å². The summed E-state index contributed by atoms with van der Waals surface area (Å²) in [5, 5.41) is 4.14. The topological polar surface area (TPSA) is 55.6 Å². The molecule has 0 saturated carbocycles. The molecule has 0 unspecified atom stereocenters. The fraction of sp³-hybridized carbons (Fsp3) is 0.143. The van der Waals surface area contributed by atoms with Gasteiger partial charge < -0.3 is 10.1 Å². The zero-order valence-corrected chi connectivity index (χ0v) is 16.6. The van der Waals surface area contributed by atoms with E-state index in [0.717, 1.165) is 11.6 Å². The number of rotatable bonds is 5. The van der Waals surface area contributed by atoms with E-state index in [0.29, 0.717) is 22.1 Å². The quantitative estimate of drug-likeness (QED) is 0.468. The van der Waals surface area contributed by atoms with Gasteiger partial charge in [-0.05, 0) is 24.3 Å². The lowest BCUT2D eigenvalue weighted by atomic mass is 10.1. The second-order valence-electron chi connectivity index (χ2n) is 6.51. The van der Waals surface area contributed by atoms with Crippen LogP contribution in [0.3, 0.4) is 0 Å². The Labute approximate surface area is 173 Å². The van der Waals surface area contributed by atoms with Gasteiger partial charge >= 0.3 is 6.18 Å². The highest BCUT2D eigenvalue weighted by atomic mass is 32.1. The molecule has 0 aliphatic rings. The SMILES string of the molecule is COc1cccc(-c2cn3c(CC(=O)Nc4ccccc4C(F)(F)F)csc3n2)c1. The molecule has 30 heavy (non-hydrogen) atoms. The van der Waals surface area contributed by atoms with Crippen molar-refractivity contribution in [1.29, 1.82) is 0 Å². The second-order valence-corrected chi connectivity index (χ2v) is 7.34. The summed E-state index contributed by atoms with van der Waals surface area (Å²) in [5.74, 6) is 0.162. The number of benzene rings is 2. The van der Waals surface area contributed by atoms with Gasteiger partial charge in [-0.2, -0.15) is 13.2 Å². The maximum Gasteiger partial charge on any atom is 0.418 e. The van der Waals surface area contributed by atoms with E-state index in [1.807, 2.05) is 24.3 Å². The second kappa shape index (κ2) is 7.83. The lowest BCUT2D eigenvalue weighted by molar-refractivity contribution is -0.137. The summed E-state index contributed by atoms with van der Waals surface area (Å²) in [7, 11) is 1.58. The van der Waals surface area contributed by atoms with Gasteiger partial charge in [0.15, 0.2) is 4.96 Å². The van der Waals surface area contributed by atoms with E-state index < -0.39 is 17.6 Å². The zero-order valence-electron chi connectivity index (χ0n) is 15.7. The molecule has 0 aliphatic heterocycles. The Balaban J connectivity index is 1.56. The molecule has 154 valence electrons. The Morgan fingerprint density at radius 1 is 1.20 bits per heavy atom. The predicted octanol–water partition coefficient (Wildman–Crippen LogP) is 5.27. The maximum atomic E-state index is 13.1. The van der Waals surface area contributed by atoms with E-state index in [9.17, 15) is 18.0 Å². The number of imidazole rings is 1. The first-order chi connectivity index (χ1) is 14.3. The van der Waals surface area contributed by atoms with Crippen molar-refractivity contribution in [2.45, 2.75) is 12.6 Å². The summed E-state index contributed by atoms with van der Waals surface area (Å²) in [4.78, 5) is 17.7. The van der Waals surface area contributed by atoms with Crippen molar-refractivity contribution in [1.82, 2.24) is 9.38 Å². The first kappa shape index (κ1) is 20.0. The Kier molecular flexibility index (Phi) is 5.21. The molecule has 2 aromatic heterocycles. The van der Waals surface area contributed by atoms with Crippen LogP contribution in [0.5, 0.6) is 5.75 Å². The van der Waals surface area contributed by atoms with E-state index >= 15 is 0 Å². The molecule has 2 aromatic carbocycles. The molecule has 0 spiro atoms. The van der Waals surface area contributed by atoms with Crippen LogP contribution in [-0.2, 0) is 17.4 Å². The van der Waals surface area contributed by atoms with Crippen molar-refractivity contribution in [2.24, 2.45) is 0 Å². The van der Waals surface area contributed by atoms with Gasteiger partial charge in [0.2, 0.25) is 5.91 Å². The highest BCUT2D eigenvalue weighted by Gasteiger charge is 2.33. The molecule has 5 nitrogen and oxygen atoms in total. The standard InChI is InChI=1S/C21H16F3N3O2S/c1-29-15-6-4-5-13(9-15)18-11-27-14(12-30-20(27)26-18)10-19(28)25-17-8-3-2-7-16(17)21(22,23)24/h2-9,11-12H,10H2,1H3,(H,25,28). The van der Waals surface area contributed by atoms with Crippen molar-refractivity contribution >= 4 is 27.9 Å². The molecule has 1 amide bonds. The Morgan fingerprint density at radius 3 is 2.77 bits per heavy atom. The predicted molar refractivity (Wildman–Crippen MR) is 109 cm³/mol. The number of halogens is 3. The molecule has 0 atom stereocenters. The lowest BCUT2D eigenvalue weighted by Crippen LogP contribution is -2.18. The maximum absolute atomic E-state index is 13.1. The summed E-state index contributed by atoms with van der Waals surface area (Å²) < 4.78 is 46.4. The zero-order chi connectivity index (χ0) is 21.3. The van der Waals surface area contributed by atoms with E-state index in [2.05, 4.69) is 10.3 Å². The molecule has 2 heterocycles. The molecule has 4 rings (SSSR count). The third-order valence-corrected chi connectivity index (χ3v) is 5.39. The first-order valence-corrected chi connectivity index (χ1v) is 9.79. The van der Waals surface area contributed by atoms with Crippen LogP contribution in [0.2, 0.25) is 0 Å². The van der Waals surface area contributed by atoms with Gasteiger partial charge in [-0.3, -0.25) is 9.20 Å². The first-order valence-electron chi connectivity index (χ1n) is 8.91. The molecule has 0 saturated heterocycles. The third-order valence-electron chi connectivity index (χ3n) is 4.50. The van der Waals surface area contributed by atoms with E-state index in [1.54, 1.807) is 23.1 Å². The van der Waals surface area contributed by atoms with Gasteiger partial charge in [0, 0.05) is 22.8 Å². The minimum absolute atomic E-state index is 0.0832. The number of thiazole rings is 1. The van der Waals surface area contributed by atoms with Crippen molar-refractivity contribution in [3.63, 3.8) is 0 Å². The highest BCUT2D eigenvalue weighted by Crippen LogP contribution is 2.34. The van der Waals surface area contributed by atoms with Crippen LogP contribution in [0.1, 0.15) is 11.3 Å². The molecule has 0 aliphatic carbocycles. The largest absolute Gasteiger partial charge is 0.497 e. The average Bonchev–Trinajstić information content (AvgIpc) is 3.30. The number of alkyl halides is 3. The molecule has 0 radical (unpaired) electrons. The minimum atomic E-state index is -4.55. The molecule has 4 aromatic rings. The Hall–Kier alpha value is -3.33. The van der Waals surface area contributed by atoms with Gasteiger partial charge in [-0.1, -0.05) is 24.3 Å². The monoisotopic (exact) mass is 431 g/mol. The molecule has 0 fully saturated rings. The van der Waals surface area contributed by atoms with Crippen molar-refractivity contribution in [3.8, 4) is 17.0 Å². The number of carbonyl (C=O) groups is 1. The smallest absolute Gasteiger partial charge is 0.418 e. The summed E-state index contributed by atoms with van der Waals surface area (Å²) in [6.45, 7) is 0. The minimum Gasteiger partial charge on any atom is -0.497 e. The average molecular weight is 431 g/mol. The Morgan fingerprint density at radius 2 is 2.00 bits per heavy atom. The highest BCUT2D eigenvalue weighted by molar-refractivity contribution is 7.15. The van der Waals surface area contributed by atoms with E-state index in [-0.39, 0.29) is 12.1 Å². The van der Waals surface area contributed by atoms with Gasteiger partial charge in [-0.25, -0.2) is 4.98 Å². The summed E-state index contributed by atoms with van der Waals surface area (Å²) in [6.07, 6.45) is -2.83. The number of para-hydroxylation sites is 1. The number of methoxy groups -OCH3 is 1. The number of hydrogen-bond acceptors (Lipinski definition) is 4. The van der Waals surface area contributed by atoms with Crippen molar-refractivity contribution in [3.05, 3.63) is 71.4 Å². The van der Waals surface area contributed by atoms with Gasteiger partial charge in [0.1, 0.15) is 5.75 Å². The summed E-state index contributed by atoms with van der Waals surface area (Å²) in [6, 6.07) is 12.3. The number of nitrogens with zero attached hydrogens (tertiary/aromatic N) is 2. The summed E-state index contributed by atoms with van der Waals surface area (Å²) >= 11 is 1.36. The van der Waals surface area contributed by atoms with Crippen LogP contribution < -0.4 is 10.1 Å². The van der Waals surface area contributed by atoms with Crippen LogP contribution in [0.4, 0.5) is 18.9 Å². The number of fused-ring (bicyclic) bond motifs is 1. The van der Waals surface area contributed by atoms with Crippen LogP contribution in [-0.4, -0.2) is 22.4 Å². The number of amides is 1. The molecule has 9 heteroatoms. The molecular formula is C21H16F3N3O2S. The van der Waals surface area contributed by atoms with Crippen molar-refractivity contribution < 1.29 is 22.7 Å². The number of carbonyl (C=O) groups excluding carboxylic acids is 1. The number of aromatic nitrogens is 2. The van der Waals surface area contributed by atoms with Gasteiger partial charge in [0.05, 0.1) is 30.5 Å². The molecular weight excluding hydrogens is 415 g/mol. The van der Waals surface area contributed by atoms with E-state index in [4.69, 9.17) is 4.74 Å². The van der Waals surface area contributed by atoms with Gasteiger partial charge in [-0.15, -0.1) is 11.3 Å². The molecule has 0 bridgehead atoms. The summed E-state index contributed by atoms with van der Waals surface area (Å²) in [5.41, 5.74) is 1.07. The third kappa shape index (κ3) is 4.02. The fourth-order valence-electron chi connectivity index (χ4n) is 3.08. The number of anilines is 1. The van der Waals surface area contributed by atoms with Crippen LogP contribution in [0.15, 0.2) is 60.1 Å². The fourth-order valence-corrected chi connectivity index (χ4v) is 3.95. The molecule has 1 N–H and O–H groups in total. The number of nitrogens with one attached hydrogen (secondary N) is 1. The number of hydrogen-bond donors (Lipinski definition) is 1. The van der Waals surface area contributed by atoms with Crippen LogP contribution >= 0.6 is 11.3 Å². The Bertz CT molecular complexity index is 1210. The number of ether oxygens (including phenoxy) is 1. The lowest BCUT2D eigenvalue weighted by Gasteiger charge is -2.13. The normalized spacial score (nSPS) is 11.6. The van der Waals surface area contributed by atoms with Crippen LogP contribution in [0.25, 0.3) is 16.2 Å². The van der Waals surface area contributed by atoms with Crippen molar-refractivity contribution in [2.75, 3.05) is 12.4 Å².